The van der Waals surface area contributed by atoms with Gasteiger partial charge in [-0.15, -0.1) is 0 Å². The average Bonchev–Trinajstić information content (AvgIpc) is 3.15. The molecule has 0 bridgehead atoms. The first-order chi connectivity index (χ1) is 16.9. The van der Waals surface area contributed by atoms with Crippen LogP contribution in [0.1, 0.15) is 49.1 Å². The SMILES string of the molecule is COCCC(NC(=O)OCC1c2ccccc2-c2ccccc21)C(=O)NCC1(CC(=O)O)CCC1. The summed E-state index contributed by atoms with van der Waals surface area (Å²) in [6.45, 7) is 0.705. The van der Waals surface area contributed by atoms with Crippen molar-refractivity contribution in [1.82, 2.24) is 10.6 Å². The molecule has 2 aromatic rings. The number of carbonyl (C=O) groups excluding carboxylic acids is 2. The van der Waals surface area contributed by atoms with Gasteiger partial charge < -0.3 is 25.2 Å². The second kappa shape index (κ2) is 10.9. The zero-order valence-electron chi connectivity index (χ0n) is 19.9. The molecular formula is C27H32N2O6. The quantitative estimate of drug-likeness (QED) is 0.452. The summed E-state index contributed by atoms with van der Waals surface area (Å²) in [5, 5.41) is 14.7. The number of carboxylic acids is 1. The van der Waals surface area contributed by atoms with Crippen molar-refractivity contribution in [2.45, 2.75) is 44.1 Å². The largest absolute Gasteiger partial charge is 0.481 e. The van der Waals surface area contributed by atoms with Gasteiger partial charge >= 0.3 is 12.1 Å². The number of nitrogens with one attached hydrogen (secondary N) is 2. The van der Waals surface area contributed by atoms with Crippen molar-refractivity contribution in [1.29, 1.82) is 0 Å². The smallest absolute Gasteiger partial charge is 0.407 e. The van der Waals surface area contributed by atoms with E-state index in [-0.39, 0.29) is 44.4 Å². The van der Waals surface area contributed by atoms with Gasteiger partial charge in [-0.1, -0.05) is 55.0 Å². The number of fused-ring (bicyclic) bond motifs is 3. The molecule has 0 heterocycles. The van der Waals surface area contributed by atoms with Crippen LogP contribution in [0.15, 0.2) is 48.5 Å². The van der Waals surface area contributed by atoms with Crippen LogP contribution in [0.2, 0.25) is 0 Å². The minimum absolute atomic E-state index is 0.0236. The van der Waals surface area contributed by atoms with Crippen LogP contribution in [-0.2, 0) is 19.1 Å². The zero-order chi connectivity index (χ0) is 24.8. The lowest BCUT2D eigenvalue weighted by atomic mass is 9.66. The van der Waals surface area contributed by atoms with Gasteiger partial charge in [-0.05, 0) is 40.5 Å². The van der Waals surface area contributed by atoms with Crippen LogP contribution in [-0.4, -0.2) is 56.0 Å². The number of benzene rings is 2. The highest BCUT2D eigenvalue weighted by atomic mass is 16.5. The molecule has 1 unspecified atom stereocenters. The Balaban J connectivity index is 1.36. The molecule has 4 rings (SSSR count). The predicted octanol–water partition coefficient (Wildman–Crippen LogP) is 3.69. The molecule has 0 aliphatic heterocycles. The third-order valence-corrected chi connectivity index (χ3v) is 7.14. The summed E-state index contributed by atoms with van der Waals surface area (Å²) in [5.41, 5.74) is 4.09. The van der Waals surface area contributed by atoms with Crippen molar-refractivity contribution < 1.29 is 29.0 Å². The highest BCUT2D eigenvalue weighted by Crippen LogP contribution is 2.45. The number of ether oxygens (including phenoxy) is 2. The predicted molar refractivity (Wildman–Crippen MR) is 130 cm³/mol. The second-order valence-corrected chi connectivity index (χ2v) is 9.45. The third kappa shape index (κ3) is 5.65. The molecule has 186 valence electrons. The van der Waals surface area contributed by atoms with E-state index >= 15 is 0 Å². The fourth-order valence-electron chi connectivity index (χ4n) is 5.10. The summed E-state index contributed by atoms with van der Waals surface area (Å²) in [6.07, 6.45) is 2.11. The number of methoxy groups -OCH3 is 1. The molecule has 0 saturated heterocycles. The van der Waals surface area contributed by atoms with Crippen molar-refractivity contribution in [2.24, 2.45) is 5.41 Å². The van der Waals surface area contributed by atoms with Gasteiger partial charge in [0.05, 0.1) is 6.42 Å². The van der Waals surface area contributed by atoms with E-state index in [0.29, 0.717) is 0 Å². The van der Waals surface area contributed by atoms with E-state index in [1.807, 2.05) is 36.4 Å². The fourth-order valence-corrected chi connectivity index (χ4v) is 5.10. The number of aliphatic carboxylic acids is 1. The third-order valence-electron chi connectivity index (χ3n) is 7.14. The van der Waals surface area contributed by atoms with Crippen LogP contribution in [0.3, 0.4) is 0 Å². The highest BCUT2D eigenvalue weighted by Gasteiger charge is 2.39. The Morgan fingerprint density at radius 1 is 1.06 bits per heavy atom. The zero-order valence-corrected chi connectivity index (χ0v) is 19.9. The number of carbonyl (C=O) groups is 3. The van der Waals surface area contributed by atoms with E-state index in [1.165, 1.54) is 7.11 Å². The highest BCUT2D eigenvalue weighted by molar-refractivity contribution is 5.86. The molecule has 0 spiro atoms. The molecule has 0 radical (unpaired) electrons. The first kappa shape index (κ1) is 24.7. The number of rotatable bonds is 11. The Labute approximate surface area is 205 Å². The minimum Gasteiger partial charge on any atom is -0.481 e. The fraction of sp³-hybridized carbons (Fsp3) is 0.444. The van der Waals surface area contributed by atoms with Gasteiger partial charge in [0, 0.05) is 32.6 Å². The Bertz CT molecular complexity index is 1040. The molecule has 0 aromatic heterocycles. The van der Waals surface area contributed by atoms with E-state index in [0.717, 1.165) is 41.5 Å². The molecule has 8 heteroatoms. The van der Waals surface area contributed by atoms with Crippen LogP contribution in [0.4, 0.5) is 4.79 Å². The van der Waals surface area contributed by atoms with E-state index < -0.39 is 23.5 Å². The van der Waals surface area contributed by atoms with E-state index in [1.54, 1.807) is 0 Å². The van der Waals surface area contributed by atoms with Gasteiger partial charge in [-0.3, -0.25) is 9.59 Å². The van der Waals surface area contributed by atoms with Crippen molar-refractivity contribution in [2.75, 3.05) is 26.9 Å². The van der Waals surface area contributed by atoms with Gasteiger partial charge in [0.1, 0.15) is 12.6 Å². The maximum Gasteiger partial charge on any atom is 0.407 e. The molecule has 1 saturated carbocycles. The summed E-state index contributed by atoms with van der Waals surface area (Å²) < 4.78 is 10.7. The first-order valence-corrected chi connectivity index (χ1v) is 12.0. The van der Waals surface area contributed by atoms with Gasteiger partial charge in [0.25, 0.3) is 0 Å². The van der Waals surface area contributed by atoms with Crippen LogP contribution in [0.5, 0.6) is 0 Å². The van der Waals surface area contributed by atoms with Gasteiger partial charge in [0.2, 0.25) is 5.91 Å². The average molecular weight is 481 g/mol. The Hall–Kier alpha value is -3.39. The molecule has 2 amide bonds. The monoisotopic (exact) mass is 480 g/mol. The van der Waals surface area contributed by atoms with Crippen LogP contribution < -0.4 is 10.6 Å². The minimum atomic E-state index is -0.869. The maximum atomic E-state index is 12.9. The van der Waals surface area contributed by atoms with Crippen LogP contribution in [0.25, 0.3) is 11.1 Å². The summed E-state index contributed by atoms with van der Waals surface area (Å²) in [4.78, 5) is 36.7. The molecule has 8 nitrogen and oxygen atoms in total. The van der Waals surface area contributed by atoms with Gasteiger partial charge in [-0.2, -0.15) is 0 Å². The first-order valence-electron chi connectivity index (χ1n) is 12.0. The molecule has 3 N–H and O–H groups in total. The van der Waals surface area contributed by atoms with Crippen molar-refractivity contribution in [3.8, 4) is 11.1 Å². The molecular weight excluding hydrogens is 448 g/mol. The number of alkyl carbamates (subject to hydrolysis) is 1. The molecule has 2 aromatic carbocycles. The van der Waals surface area contributed by atoms with Crippen molar-refractivity contribution in [3.05, 3.63) is 59.7 Å². The summed E-state index contributed by atoms with van der Waals surface area (Å²) >= 11 is 0. The van der Waals surface area contributed by atoms with Crippen molar-refractivity contribution in [3.63, 3.8) is 0 Å². The van der Waals surface area contributed by atoms with Gasteiger partial charge in [0.15, 0.2) is 0 Å². The Morgan fingerprint density at radius 3 is 2.23 bits per heavy atom. The van der Waals surface area contributed by atoms with E-state index in [4.69, 9.17) is 9.47 Å². The summed E-state index contributed by atoms with van der Waals surface area (Å²) in [5.74, 6) is -1.31. The second-order valence-electron chi connectivity index (χ2n) is 9.45. The standard InChI is InChI=1S/C27H32N2O6/c1-34-14-11-23(25(32)28-17-27(12-6-13-27)15-24(30)31)29-26(33)35-16-22-20-9-4-2-7-18(20)19-8-3-5-10-21(19)22/h2-5,7-10,22-23H,6,11-17H2,1H3,(H,28,32)(H,29,33)(H,30,31). The number of hydrogen-bond acceptors (Lipinski definition) is 5. The van der Waals surface area contributed by atoms with Crippen LogP contribution in [0, 0.1) is 5.41 Å². The van der Waals surface area contributed by atoms with Crippen molar-refractivity contribution >= 4 is 18.0 Å². The lowest BCUT2D eigenvalue weighted by molar-refractivity contribution is -0.142. The topological polar surface area (TPSA) is 114 Å². The molecule has 35 heavy (non-hydrogen) atoms. The number of hydrogen-bond donors (Lipinski definition) is 3. The van der Waals surface area contributed by atoms with E-state index in [2.05, 4.69) is 22.8 Å². The van der Waals surface area contributed by atoms with Crippen LogP contribution >= 0.6 is 0 Å². The van der Waals surface area contributed by atoms with Gasteiger partial charge in [-0.25, -0.2) is 4.79 Å². The lowest BCUT2D eigenvalue weighted by Crippen LogP contribution is -2.51. The summed E-state index contributed by atoms with van der Waals surface area (Å²) in [7, 11) is 1.53. The normalized spacial score (nSPS) is 16.4. The number of amides is 2. The Morgan fingerprint density at radius 2 is 1.69 bits per heavy atom. The van der Waals surface area contributed by atoms with E-state index in [9.17, 15) is 19.5 Å². The molecule has 2 aliphatic carbocycles. The Kier molecular flexibility index (Phi) is 7.70. The number of carboxylic acid groups (broad SMARTS) is 1. The molecule has 2 aliphatic rings. The molecule has 1 fully saturated rings. The lowest BCUT2D eigenvalue weighted by Gasteiger charge is -2.41. The molecule has 1 atom stereocenters. The maximum absolute atomic E-state index is 12.9. The summed E-state index contributed by atoms with van der Waals surface area (Å²) in [6, 6.07) is 15.3.